The molecular formula is C28H23NOS. The van der Waals surface area contributed by atoms with Gasteiger partial charge in [-0.05, 0) is 70.5 Å². The van der Waals surface area contributed by atoms with Crippen LogP contribution in [0.25, 0.3) is 54.1 Å². The lowest BCUT2D eigenvalue weighted by Gasteiger charge is -2.22. The van der Waals surface area contributed by atoms with Crippen LogP contribution in [0.5, 0.6) is 0 Å². The van der Waals surface area contributed by atoms with Crippen LogP contribution in [-0.2, 0) is 5.41 Å². The molecule has 0 saturated carbocycles. The Morgan fingerprint density at radius 2 is 1.68 bits per heavy atom. The number of thiophene rings is 1. The fourth-order valence-electron chi connectivity index (χ4n) is 4.64. The molecule has 6 aromatic rings. The summed E-state index contributed by atoms with van der Waals surface area (Å²) in [4.78, 5) is 6.10. The van der Waals surface area contributed by atoms with Crippen molar-refractivity contribution in [1.82, 2.24) is 4.98 Å². The van der Waals surface area contributed by atoms with Gasteiger partial charge in [0, 0.05) is 32.1 Å². The number of hydrogen-bond donors (Lipinski definition) is 0. The molecule has 3 heterocycles. The van der Waals surface area contributed by atoms with Gasteiger partial charge in [0.25, 0.3) is 0 Å². The van der Waals surface area contributed by atoms with Gasteiger partial charge in [-0.1, -0.05) is 45.0 Å². The van der Waals surface area contributed by atoms with E-state index >= 15 is 0 Å². The second kappa shape index (κ2) is 6.41. The lowest BCUT2D eigenvalue weighted by molar-refractivity contribution is 0.596. The Hall–Kier alpha value is -3.17. The molecule has 2 nitrogen and oxygen atoms in total. The molecule has 0 aliphatic rings. The molecule has 0 unspecified atom stereocenters. The van der Waals surface area contributed by atoms with E-state index in [1.54, 1.807) is 0 Å². The minimum Gasteiger partial charge on any atom is -0.454 e. The number of hydrogen-bond acceptors (Lipinski definition) is 3. The number of rotatable bonds is 1. The van der Waals surface area contributed by atoms with Gasteiger partial charge in [0.2, 0.25) is 0 Å². The minimum absolute atomic E-state index is 0.0274. The molecule has 3 aromatic carbocycles. The summed E-state index contributed by atoms with van der Waals surface area (Å²) >= 11 is 1.83. The van der Waals surface area contributed by atoms with Crippen LogP contribution in [0.1, 0.15) is 31.2 Å². The Balaban J connectivity index is 1.67. The molecule has 0 aliphatic carbocycles. The summed E-state index contributed by atoms with van der Waals surface area (Å²) in [5.41, 5.74) is 5.15. The molecule has 0 amide bonds. The Bertz CT molecular complexity index is 1630. The summed E-state index contributed by atoms with van der Waals surface area (Å²) in [5, 5.41) is 6.05. The molecule has 0 bridgehead atoms. The zero-order chi connectivity index (χ0) is 21.3. The van der Waals surface area contributed by atoms with Gasteiger partial charge < -0.3 is 4.42 Å². The van der Waals surface area contributed by atoms with E-state index in [1.807, 2.05) is 17.5 Å². The number of fused-ring (bicyclic) bond motifs is 5. The quantitative estimate of drug-likeness (QED) is 0.265. The number of aromatic nitrogens is 1. The summed E-state index contributed by atoms with van der Waals surface area (Å²) in [6.07, 6.45) is 1.91. The summed E-state index contributed by atoms with van der Waals surface area (Å²) in [5.74, 6) is 0. The van der Waals surface area contributed by atoms with E-state index in [1.165, 1.54) is 31.3 Å². The van der Waals surface area contributed by atoms with E-state index in [9.17, 15) is 0 Å². The third-order valence-electron chi connectivity index (χ3n) is 6.09. The maximum absolute atomic E-state index is 6.44. The zero-order valence-corrected chi connectivity index (χ0v) is 18.9. The van der Waals surface area contributed by atoms with Gasteiger partial charge in [-0.15, -0.1) is 11.3 Å². The Kier molecular flexibility index (Phi) is 3.85. The molecule has 6 rings (SSSR count). The van der Waals surface area contributed by atoms with Crippen LogP contribution in [0.4, 0.5) is 0 Å². The lowest BCUT2D eigenvalue weighted by Crippen LogP contribution is -2.12. The molecule has 0 N–H and O–H groups in total. The van der Waals surface area contributed by atoms with Crippen molar-refractivity contribution in [2.75, 3.05) is 0 Å². The van der Waals surface area contributed by atoms with Crippen LogP contribution < -0.4 is 0 Å². The largest absolute Gasteiger partial charge is 0.454 e. The first-order valence-corrected chi connectivity index (χ1v) is 11.5. The molecule has 152 valence electrons. The highest BCUT2D eigenvalue weighted by Crippen LogP contribution is 2.40. The van der Waals surface area contributed by atoms with E-state index in [0.29, 0.717) is 0 Å². The Morgan fingerprint density at radius 1 is 0.839 bits per heavy atom. The van der Waals surface area contributed by atoms with E-state index < -0.39 is 0 Å². The number of aryl methyl sites for hydroxylation is 1. The van der Waals surface area contributed by atoms with Crippen LogP contribution in [0.3, 0.4) is 0 Å². The van der Waals surface area contributed by atoms with Crippen LogP contribution in [0.15, 0.2) is 71.3 Å². The molecule has 31 heavy (non-hydrogen) atoms. The second-order valence-corrected chi connectivity index (χ2v) is 10.7. The summed E-state index contributed by atoms with van der Waals surface area (Å²) in [7, 11) is 0. The number of nitrogens with zero attached hydrogens (tertiary/aromatic N) is 1. The average Bonchev–Trinajstić information content (AvgIpc) is 3.28. The van der Waals surface area contributed by atoms with Crippen molar-refractivity contribution in [3.05, 3.63) is 77.3 Å². The van der Waals surface area contributed by atoms with Crippen LogP contribution in [-0.4, -0.2) is 4.98 Å². The molecule has 0 radical (unpaired) electrons. The Morgan fingerprint density at radius 3 is 2.52 bits per heavy atom. The van der Waals surface area contributed by atoms with Crippen molar-refractivity contribution >= 4 is 54.1 Å². The van der Waals surface area contributed by atoms with Crippen molar-refractivity contribution in [3.63, 3.8) is 0 Å². The third-order valence-corrected chi connectivity index (χ3v) is 7.10. The number of pyridine rings is 1. The highest BCUT2D eigenvalue weighted by atomic mass is 32.1. The smallest absolute Gasteiger partial charge is 0.161 e. The normalized spacial score (nSPS) is 12.5. The van der Waals surface area contributed by atoms with E-state index in [4.69, 9.17) is 9.40 Å². The Labute approximate surface area is 185 Å². The minimum atomic E-state index is 0.0274. The number of furan rings is 1. The fraction of sp³-hybridized carbons (Fsp3) is 0.179. The second-order valence-electron chi connectivity index (χ2n) is 9.38. The maximum Gasteiger partial charge on any atom is 0.161 e. The van der Waals surface area contributed by atoms with Gasteiger partial charge in [-0.25, -0.2) is 0 Å². The van der Waals surface area contributed by atoms with Crippen molar-refractivity contribution in [2.24, 2.45) is 0 Å². The van der Waals surface area contributed by atoms with Gasteiger partial charge >= 0.3 is 0 Å². The van der Waals surface area contributed by atoms with Gasteiger partial charge in [-0.3, -0.25) is 4.98 Å². The molecule has 0 aliphatic heterocycles. The molecule has 0 fully saturated rings. The molecule has 3 aromatic heterocycles. The molecule has 0 spiro atoms. The van der Waals surface area contributed by atoms with Crippen LogP contribution in [0.2, 0.25) is 0 Å². The third kappa shape index (κ3) is 2.88. The first-order chi connectivity index (χ1) is 14.9. The molecule has 0 saturated heterocycles. The highest BCUT2D eigenvalue weighted by molar-refractivity contribution is 7.19. The van der Waals surface area contributed by atoms with Crippen molar-refractivity contribution < 1.29 is 4.42 Å². The van der Waals surface area contributed by atoms with Crippen molar-refractivity contribution in [3.8, 4) is 11.3 Å². The van der Waals surface area contributed by atoms with Gasteiger partial charge in [-0.2, -0.15) is 0 Å². The topological polar surface area (TPSA) is 26.0 Å². The van der Waals surface area contributed by atoms with Crippen molar-refractivity contribution in [1.29, 1.82) is 0 Å². The van der Waals surface area contributed by atoms with Gasteiger partial charge in [0.1, 0.15) is 11.3 Å². The first kappa shape index (κ1) is 18.6. The summed E-state index contributed by atoms with van der Waals surface area (Å²) in [6, 6.07) is 21.9. The average molecular weight is 422 g/mol. The summed E-state index contributed by atoms with van der Waals surface area (Å²) < 4.78 is 7.73. The van der Waals surface area contributed by atoms with Crippen molar-refractivity contribution in [2.45, 2.75) is 33.1 Å². The molecular weight excluding hydrogens is 398 g/mol. The predicted octanol–water partition coefficient (Wildman–Crippen LogP) is 8.62. The number of benzene rings is 3. The molecule has 0 atom stereocenters. The maximum atomic E-state index is 6.44. The molecule has 3 heteroatoms. The van der Waals surface area contributed by atoms with E-state index in [2.05, 4.69) is 88.4 Å². The zero-order valence-electron chi connectivity index (χ0n) is 18.1. The van der Waals surface area contributed by atoms with Gasteiger partial charge in [0.05, 0.1) is 0 Å². The van der Waals surface area contributed by atoms with Crippen LogP contribution in [0, 0.1) is 6.92 Å². The fourth-order valence-corrected chi connectivity index (χ4v) is 5.59. The highest BCUT2D eigenvalue weighted by Gasteiger charge is 2.21. The summed E-state index contributed by atoms with van der Waals surface area (Å²) in [6.45, 7) is 8.95. The van der Waals surface area contributed by atoms with Gasteiger partial charge in [0.15, 0.2) is 5.58 Å². The van der Waals surface area contributed by atoms with E-state index in [0.717, 1.165) is 33.2 Å². The monoisotopic (exact) mass is 421 g/mol. The predicted molar refractivity (Wildman–Crippen MR) is 133 cm³/mol. The van der Waals surface area contributed by atoms with E-state index in [-0.39, 0.29) is 5.41 Å². The SMILES string of the molecule is Cc1cc2cc3oc4c(-c5cc(C(C)(C)C)c6ccccc6c5)nccc4c3cc2s1. The lowest BCUT2D eigenvalue weighted by atomic mass is 9.82. The van der Waals surface area contributed by atoms with Crippen LogP contribution >= 0.6 is 11.3 Å². The first-order valence-electron chi connectivity index (χ1n) is 10.6. The standard InChI is InChI=1S/C28H23NOS/c1-16-11-18-14-24-22(15-25(18)31-16)21-9-10-29-26(27(21)30-24)19-12-17-7-5-6-8-20(17)23(13-19)28(2,3)4/h5-15H,1-4H3.